The van der Waals surface area contributed by atoms with Crippen LogP contribution in [0.25, 0.3) is 0 Å². The smallest absolute Gasteiger partial charge is 0.155 e. The maximum absolute atomic E-state index is 11.4. The molecular weight excluding hydrogens is 176 g/mol. The lowest BCUT2D eigenvalue weighted by molar-refractivity contribution is -0.122. The number of ketones is 2. The maximum Gasteiger partial charge on any atom is 0.155 e. The molecule has 78 valence electrons. The fourth-order valence-corrected chi connectivity index (χ4v) is 2.04. The molecule has 0 aromatic carbocycles. The minimum absolute atomic E-state index is 0.0823. The normalized spacial score (nSPS) is 31.4. The van der Waals surface area contributed by atoms with Crippen molar-refractivity contribution in [3.8, 4) is 0 Å². The second-order valence-corrected chi connectivity index (χ2v) is 4.18. The van der Waals surface area contributed by atoms with Gasteiger partial charge in [0.1, 0.15) is 5.78 Å². The summed E-state index contributed by atoms with van der Waals surface area (Å²) < 4.78 is 0. The number of rotatable bonds is 1. The van der Waals surface area contributed by atoms with Crippen LogP contribution < -0.4 is 0 Å². The first-order valence-electron chi connectivity index (χ1n) is 5.31. The van der Waals surface area contributed by atoms with Crippen molar-refractivity contribution in [2.45, 2.75) is 39.5 Å². The molecule has 0 saturated carbocycles. The first-order valence-corrected chi connectivity index (χ1v) is 5.31. The molecule has 2 nitrogen and oxygen atoms in total. The van der Waals surface area contributed by atoms with E-state index in [9.17, 15) is 9.59 Å². The Kier molecular flexibility index (Phi) is 4.05. The van der Waals surface area contributed by atoms with Gasteiger partial charge in [-0.2, -0.15) is 0 Å². The van der Waals surface area contributed by atoms with E-state index < -0.39 is 0 Å². The van der Waals surface area contributed by atoms with Gasteiger partial charge in [-0.15, -0.1) is 0 Å². The Labute approximate surface area is 85.4 Å². The Morgan fingerprint density at radius 3 is 2.79 bits per heavy atom. The van der Waals surface area contributed by atoms with Crippen molar-refractivity contribution in [3.63, 3.8) is 0 Å². The number of Topliss-reactive ketones (excluding diaryl/α,β-unsaturated/α-hetero) is 1. The summed E-state index contributed by atoms with van der Waals surface area (Å²) >= 11 is 0. The van der Waals surface area contributed by atoms with Crippen molar-refractivity contribution in [2.24, 2.45) is 11.8 Å². The van der Waals surface area contributed by atoms with Crippen LogP contribution in [0.2, 0.25) is 0 Å². The molecular formula is C12H18O2. The number of hydrogen-bond donors (Lipinski definition) is 0. The molecule has 0 bridgehead atoms. The van der Waals surface area contributed by atoms with Crippen LogP contribution in [0, 0.1) is 11.8 Å². The highest BCUT2D eigenvalue weighted by Gasteiger charge is 2.22. The molecule has 0 amide bonds. The molecule has 0 radical (unpaired) electrons. The van der Waals surface area contributed by atoms with Gasteiger partial charge in [0.2, 0.25) is 0 Å². The predicted octanol–water partition coefficient (Wildman–Crippen LogP) is 2.53. The Bertz CT molecular complexity index is 253. The molecule has 0 aromatic rings. The van der Waals surface area contributed by atoms with Gasteiger partial charge >= 0.3 is 0 Å². The maximum atomic E-state index is 11.4. The van der Waals surface area contributed by atoms with Gasteiger partial charge in [0, 0.05) is 12.3 Å². The van der Waals surface area contributed by atoms with Crippen LogP contribution in [-0.4, -0.2) is 11.6 Å². The Morgan fingerprint density at radius 1 is 1.43 bits per heavy atom. The van der Waals surface area contributed by atoms with Crippen molar-refractivity contribution >= 4 is 11.6 Å². The average molecular weight is 194 g/mol. The zero-order valence-electron chi connectivity index (χ0n) is 8.95. The molecule has 2 unspecified atom stereocenters. The third kappa shape index (κ3) is 3.09. The lowest BCUT2D eigenvalue weighted by Crippen LogP contribution is -2.20. The highest BCUT2D eigenvalue weighted by molar-refractivity contribution is 5.90. The summed E-state index contributed by atoms with van der Waals surface area (Å²) in [7, 11) is 0. The second kappa shape index (κ2) is 5.08. The molecule has 0 saturated heterocycles. The van der Waals surface area contributed by atoms with E-state index in [1.165, 1.54) is 0 Å². The molecule has 0 spiro atoms. The van der Waals surface area contributed by atoms with Crippen LogP contribution in [0.5, 0.6) is 0 Å². The zero-order chi connectivity index (χ0) is 10.6. The summed E-state index contributed by atoms with van der Waals surface area (Å²) in [5.74, 6) is 0.874. The first kappa shape index (κ1) is 11.2. The van der Waals surface area contributed by atoms with E-state index in [-0.39, 0.29) is 17.5 Å². The van der Waals surface area contributed by atoms with Crippen LogP contribution in [-0.2, 0) is 9.59 Å². The van der Waals surface area contributed by atoms with Gasteiger partial charge in [0.25, 0.3) is 0 Å². The fraction of sp³-hybridized carbons (Fsp3) is 0.667. The summed E-state index contributed by atoms with van der Waals surface area (Å²) in [5, 5.41) is 0. The van der Waals surface area contributed by atoms with E-state index in [1.807, 2.05) is 6.08 Å². The van der Waals surface area contributed by atoms with Crippen LogP contribution in [0.1, 0.15) is 39.5 Å². The van der Waals surface area contributed by atoms with Gasteiger partial charge in [-0.1, -0.05) is 13.0 Å². The van der Waals surface area contributed by atoms with E-state index in [1.54, 1.807) is 13.0 Å². The molecule has 0 N–H and O–H groups in total. The molecule has 0 fully saturated rings. The average Bonchev–Trinajstić information content (AvgIpc) is 2.18. The summed E-state index contributed by atoms with van der Waals surface area (Å²) in [5.41, 5.74) is 0. The standard InChI is InChI=1S/C12H18O2/c1-9-5-3-4-6-11(14)7-8-12(9)10(2)13/h4,6,9,12H,3,5,7-8H2,1-2H3/b6-4-. The fourth-order valence-electron chi connectivity index (χ4n) is 2.04. The minimum atomic E-state index is 0.0823. The molecule has 1 rings (SSSR count). The van der Waals surface area contributed by atoms with Crippen LogP contribution in [0.15, 0.2) is 12.2 Å². The van der Waals surface area contributed by atoms with Crippen molar-refractivity contribution in [2.75, 3.05) is 0 Å². The first-order chi connectivity index (χ1) is 6.61. The van der Waals surface area contributed by atoms with Crippen LogP contribution >= 0.6 is 0 Å². The number of carbonyl (C=O) groups is 2. The molecule has 0 aliphatic heterocycles. The van der Waals surface area contributed by atoms with E-state index in [2.05, 4.69) is 6.92 Å². The number of hydrogen-bond acceptors (Lipinski definition) is 2. The van der Waals surface area contributed by atoms with E-state index in [0.717, 1.165) is 19.3 Å². The molecule has 2 heteroatoms. The van der Waals surface area contributed by atoms with Crippen LogP contribution in [0.4, 0.5) is 0 Å². The predicted molar refractivity (Wildman–Crippen MR) is 56.0 cm³/mol. The molecule has 0 aromatic heterocycles. The van der Waals surface area contributed by atoms with E-state index in [4.69, 9.17) is 0 Å². The number of carbonyl (C=O) groups excluding carboxylic acids is 2. The number of allylic oxidation sites excluding steroid dienone is 2. The Balaban J connectivity index is 2.67. The van der Waals surface area contributed by atoms with Crippen LogP contribution in [0.3, 0.4) is 0 Å². The zero-order valence-corrected chi connectivity index (χ0v) is 8.95. The Morgan fingerprint density at radius 2 is 2.14 bits per heavy atom. The molecule has 1 aliphatic carbocycles. The Hall–Kier alpha value is -0.920. The summed E-state index contributed by atoms with van der Waals surface area (Å²) in [6, 6.07) is 0. The molecule has 0 heterocycles. The molecule has 2 atom stereocenters. The van der Waals surface area contributed by atoms with Gasteiger partial charge in [-0.05, 0) is 38.2 Å². The summed E-state index contributed by atoms with van der Waals surface area (Å²) in [4.78, 5) is 22.6. The molecule has 14 heavy (non-hydrogen) atoms. The van der Waals surface area contributed by atoms with Crippen molar-refractivity contribution in [1.82, 2.24) is 0 Å². The van der Waals surface area contributed by atoms with E-state index >= 15 is 0 Å². The van der Waals surface area contributed by atoms with Gasteiger partial charge in [0.15, 0.2) is 5.78 Å². The highest BCUT2D eigenvalue weighted by atomic mass is 16.1. The molecule has 1 aliphatic rings. The van der Waals surface area contributed by atoms with Gasteiger partial charge in [0.05, 0.1) is 0 Å². The SMILES string of the molecule is CC(=O)C1CCC(=O)/C=C\CCC1C. The third-order valence-electron chi connectivity index (χ3n) is 3.00. The van der Waals surface area contributed by atoms with Gasteiger partial charge in [-0.25, -0.2) is 0 Å². The summed E-state index contributed by atoms with van der Waals surface area (Å²) in [6.45, 7) is 3.74. The van der Waals surface area contributed by atoms with Crippen molar-refractivity contribution in [1.29, 1.82) is 0 Å². The summed E-state index contributed by atoms with van der Waals surface area (Å²) in [6.07, 6.45) is 6.76. The van der Waals surface area contributed by atoms with Crippen molar-refractivity contribution in [3.05, 3.63) is 12.2 Å². The van der Waals surface area contributed by atoms with E-state index in [0.29, 0.717) is 12.3 Å². The topological polar surface area (TPSA) is 34.1 Å². The second-order valence-electron chi connectivity index (χ2n) is 4.18. The monoisotopic (exact) mass is 194 g/mol. The van der Waals surface area contributed by atoms with Gasteiger partial charge in [-0.3, -0.25) is 9.59 Å². The van der Waals surface area contributed by atoms with Crippen molar-refractivity contribution < 1.29 is 9.59 Å². The van der Waals surface area contributed by atoms with Gasteiger partial charge < -0.3 is 0 Å². The third-order valence-corrected chi connectivity index (χ3v) is 3.00. The largest absolute Gasteiger partial charge is 0.300 e. The highest BCUT2D eigenvalue weighted by Crippen LogP contribution is 2.24. The lowest BCUT2D eigenvalue weighted by atomic mass is 9.84. The quantitative estimate of drug-likeness (QED) is 0.642. The lowest BCUT2D eigenvalue weighted by Gasteiger charge is -2.19. The minimum Gasteiger partial charge on any atom is -0.300 e.